The first-order valence-electron chi connectivity index (χ1n) is 13.1. The second-order valence-electron chi connectivity index (χ2n) is 12.5. The van der Waals surface area contributed by atoms with Crippen LogP contribution in [-0.4, -0.2) is 92.4 Å². The number of carbonyl (C=O) groups is 3. The molecule has 0 saturated carbocycles. The zero-order chi connectivity index (χ0) is 27.1. The second-order valence-corrected chi connectivity index (χ2v) is 14.1. The molecule has 36 heavy (non-hydrogen) atoms. The maximum Gasteiger partial charge on any atom is 0.247 e. The standard InChI is InChI=1S/C28H45N3O4S/c1-9-14-29(8)23(33)20-19-12-13-28(36-19)21(20)24(34)30(16-11-17-32)22(28)25(35)31(15-10-2)27(6,7)18-26(3,4)5/h9-10,19-22,32H,1-2,11-18H2,3-8H3/t19-,20+,21-,22?,28?/m0/s1. The molecule has 3 aliphatic heterocycles. The van der Waals surface area contributed by atoms with Crippen molar-refractivity contribution in [3.63, 3.8) is 0 Å². The molecular formula is C28H45N3O4S. The maximum atomic E-state index is 14.5. The van der Waals surface area contributed by atoms with Crippen LogP contribution < -0.4 is 0 Å². The third-order valence-corrected chi connectivity index (χ3v) is 9.88. The monoisotopic (exact) mass is 519 g/mol. The van der Waals surface area contributed by atoms with Gasteiger partial charge in [0.25, 0.3) is 0 Å². The van der Waals surface area contributed by atoms with E-state index in [1.807, 2.05) is 4.90 Å². The fourth-order valence-electron chi connectivity index (χ4n) is 7.04. The number of aliphatic hydroxyl groups excluding tert-OH is 1. The lowest BCUT2D eigenvalue weighted by Gasteiger charge is -2.46. The number of carbonyl (C=O) groups excluding carboxylic acids is 3. The molecule has 0 aromatic carbocycles. The van der Waals surface area contributed by atoms with Gasteiger partial charge in [-0.05, 0) is 44.9 Å². The molecule has 0 aromatic rings. The lowest BCUT2D eigenvalue weighted by Crippen LogP contribution is -2.60. The van der Waals surface area contributed by atoms with Crippen molar-refractivity contribution in [2.45, 2.75) is 81.9 Å². The molecule has 2 unspecified atom stereocenters. The highest BCUT2D eigenvalue weighted by Crippen LogP contribution is 2.66. The summed E-state index contributed by atoms with van der Waals surface area (Å²) in [5.74, 6) is -1.19. The highest BCUT2D eigenvalue weighted by atomic mass is 32.2. The van der Waals surface area contributed by atoms with Crippen molar-refractivity contribution in [2.75, 3.05) is 33.3 Å². The van der Waals surface area contributed by atoms with E-state index in [4.69, 9.17) is 0 Å². The summed E-state index contributed by atoms with van der Waals surface area (Å²) in [7, 11) is 1.75. The lowest BCUT2D eigenvalue weighted by molar-refractivity contribution is -0.147. The first kappa shape index (κ1) is 28.8. The highest BCUT2D eigenvalue weighted by molar-refractivity contribution is 8.02. The maximum absolute atomic E-state index is 14.5. The van der Waals surface area contributed by atoms with E-state index >= 15 is 0 Å². The average Bonchev–Trinajstić information content (AvgIpc) is 3.41. The Morgan fingerprint density at radius 2 is 1.81 bits per heavy atom. The van der Waals surface area contributed by atoms with Gasteiger partial charge in [-0.15, -0.1) is 24.9 Å². The quantitative estimate of drug-likeness (QED) is 0.424. The number of aliphatic hydroxyl groups is 1. The van der Waals surface area contributed by atoms with Crippen LogP contribution in [0.5, 0.6) is 0 Å². The summed E-state index contributed by atoms with van der Waals surface area (Å²) >= 11 is 1.69. The molecule has 3 aliphatic rings. The van der Waals surface area contributed by atoms with Gasteiger partial charge in [-0.3, -0.25) is 14.4 Å². The molecular weight excluding hydrogens is 474 g/mol. The van der Waals surface area contributed by atoms with Gasteiger partial charge in [0.15, 0.2) is 0 Å². The number of rotatable bonds is 11. The van der Waals surface area contributed by atoms with Gasteiger partial charge < -0.3 is 19.8 Å². The van der Waals surface area contributed by atoms with Crippen molar-refractivity contribution in [3.8, 4) is 0 Å². The van der Waals surface area contributed by atoms with Crippen molar-refractivity contribution in [1.29, 1.82) is 0 Å². The molecule has 1 N–H and O–H groups in total. The Bertz CT molecular complexity index is 898. The molecule has 3 rings (SSSR count). The Morgan fingerprint density at radius 1 is 1.17 bits per heavy atom. The molecule has 3 heterocycles. The van der Waals surface area contributed by atoms with Gasteiger partial charge in [-0.1, -0.05) is 32.9 Å². The van der Waals surface area contributed by atoms with Gasteiger partial charge in [-0.25, -0.2) is 0 Å². The van der Waals surface area contributed by atoms with E-state index < -0.39 is 28.2 Å². The SMILES string of the molecule is C=CCN(C)C(=O)[C@@H]1[C@@H]2CCC3(S2)C(C(=O)N(CC=C)C(C)(C)CC(C)(C)C)N(CCCO)C(=O)[C@H]13. The Hall–Kier alpha value is -1.80. The van der Waals surface area contributed by atoms with Crippen LogP contribution in [0.15, 0.2) is 25.3 Å². The van der Waals surface area contributed by atoms with E-state index in [0.717, 1.165) is 19.3 Å². The summed E-state index contributed by atoms with van der Waals surface area (Å²) in [6.07, 6.45) is 6.18. The molecule has 0 aliphatic carbocycles. The van der Waals surface area contributed by atoms with E-state index in [1.165, 1.54) is 0 Å². The molecule has 7 nitrogen and oxygen atoms in total. The minimum Gasteiger partial charge on any atom is -0.396 e. The number of likely N-dealkylation sites (tertiary alicyclic amines) is 1. The number of amides is 3. The summed E-state index contributed by atoms with van der Waals surface area (Å²) < 4.78 is -0.624. The Labute approximate surface area is 221 Å². The van der Waals surface area contributed by atoms with Crippen molar-refractivity contribution >= 4 is 29.5 Å². The highest BCUT2D eigenvalue weighted by Gasteiger charge is 2.74. The number of likely N-dealkylation sites (N-methyl/N-ethyl adjacent to an activating group) is 1. The summed E-state index contributed by atoms with van der Waals surface area (Å²) in [4.78, 5) is 47.2. The molecule has 5 atom stereocenters. The summed E-state index contributed by atoms with van der Waals surface area (Å²) in [6, 6.07) is -0.654. The summed E-state index contributed by atoms with van der Waals surface area (Å²) in [6.45, 7) is 19.4. The molecule has 2 bridgehead atoms. The van der Waals surface area contributed by atoms with Crippen LogP contribution >= 0.6 is 11.8 Å². The fraction of sp³-hybridized carbons (Fsp3) is 0.750. The molecule has 0 aromatic heterocycles. The van der Waals surface area contributed by atoms with Crippen LogP contribution in [0.25, 0.3) is 0 Å². The van der Waals surface area contributed by atoms with Crippen molar-refractivity contribution in [3.05, 3.63) is 25.3 Å². The molecule has 3 fully saturated rings. The van der Waals surface area contributed by atoms with Crippen LogP contribution in [0, 0.1) is 17.3 Å². The number of hydrogen-bond donors (Lipinski definition) is 1. The van der Waals surface area contributed by atoms with Crippen molar-refractivity contribution in [2.24, 2.45) is 17.3 Å². The molecule has 0 radical (unpaired) electrons. The van der Waals surface area contributed by atoms with Crippen LogP contribution in [-0.2, 0) is 14.4 Å². The van der Waals surface area contributed by atoms with E-state index in [0.29, 0.717) is 26.1 Å². The minimum absolute atomic E-state index is 0.0000929. The van der Waals surface area contributed by atoms with Crippen LogP contribution in [0.4, 0.5) is 0 Å². The number of nitrogens with zero attached hydrogens (tertiary/aromatic N) is 3. The van der Waals surface area contributed by atoms with Crippen molar-refractivity contribution in [1.82, 2.24) is 14.7 Å². The lowest BCUT2D eigenvalue weighted by atomic mass is 9.70. The first-order valence-corrected chi connectivity index (χ1v) is 14.0. The van der Waals surface area contributed by atoms with Crippen molar-refractivity contribution < 1.29 is 19.5 Å². The third kappa shape index (κ3) is 5.00. The Balaban J connectivity index is 2.05. The van der Waals surface area contributed by atoms with Crippen LogP contribution in [0.3, 0.4) is 0 Å². The first-order chi connectivity index (χ1) is 16.8. The Kier molecular flexibility index (Phi) is 8.41. The smallest absolute Gasteiger partial charge is 0.247 e. The third-order valence-electron chi connectivity index (χ3n) is 7.93. The van der Waals surface area contributed by atoms with Gasteiger partial charge in [0, 0.05) is 44.1 Å². The molecule has 1 spiro atoms. The summed E-state index contributed by atoms with van der Waals surface area (Å²) in [5, 5.41) is 9.60. The zero-order valence-corrected chi connectivity index (χ0v) is 23.8. The molecule has 202 valence electrons. The summed E-state index contributed by atoms with van der Waals surface area (Å²) in [5.41, 5.74) is -0.454. The second kappa shape index (κ2) is 10.5. The zero-order valence-electron chi connectivity index (χ0n) is 23.0. The van der Waals surface area contributed by atoms with Gasteiger partial charge >= 0.3 is 0 Å². The van der Waals surface area contributed by atoms with E-state index in [9.17, 15) is 19.5 Å². The topological polar surface area (TPSA) is 81.2 Å². The minimum atomic E-state index is -0.654. The molecule has 3 saturated heterocycles. The van der Waals surface area contributed by atoms with E-state index in [2.05, 4.69) is 47.8 Å². The molecule has 8 heteroatoms. The average molecular weight is 520 g/mol. The van der Waals surface area contributed by atoms with Gasteiger partial charge in [0.05, 0.1) is 16.6 Å². The normalized spacial score (nSPS) is 29.3. The predicted molar refractivity (Wildman–Crippen MR) is 145 cm³/mol. The Morgan fingerprint density at radius 3 is 2.36 bits per heavy atom. The number of thioether (sulfide) groups is 1. The van der Waals surface area contributed by atoms with Gasteiger partial charge in [-0.2, -0.15) is 0 Å². The van der Waals surface area contributed by atoms with Crippen LogP contribution in [0.2, 0.25) is 0 Å². The van der Waals surface area contributed by atoms with E-state index in [-0.39, 0.29) is 35.0 Å². The number of hydrogen-bond acceptors (Lipinski definition) is 5. The number of fused-ring (bicyclic) bond motifs is 1. The predicted octanol–water partition coefficient (Wildman–Crippen LogP) is 3.33. The molecule has 3 amide bonds. The van der Waals surface area contributed by atoms with E-state index in [1.54, 1.807) is 40.8 Å². The van der Waals surface area contributed by atoms with Gasteiger partial charge in [0.1, 0.15) is 6.04 Å². The fourth-order valence-corrected chi connectivity index (χ4v) is 9.25. The largest absolute Gasteiger partial charge is 0.396 e. The van der Waals surface area contributed by atoms with Gasteiger partial charge in [0.2, 0.25) is 17.7 Å². The van der Waals surface area contributed by atoms with Crippen LogP contribution in [0.1, 0.15) is 60.3 Å².